The average molecular weight is 1060 g/mol. The number of esters is 3. The average Bonchev–Trinajstić information content (AvgIpc) is 3.42. The normalized spacial score (nSPS) is 12.8. The molecule has 0 aromatic carbocycles. The van der Waals surface area contributed by atoms with Crippen molar-refractivity contribution in [3.8, 4) is 0 Å². The van der Waals surface area contributed by atoms with Crippen molar-refractivity contribution in [2.45, 2.75) is 303 Å². The van der Waals surface area contributed by atoms with Crippen LogP contribution in [0.2, 0.25) is 0 Å². The largest absolute Gasteiger partial charge is 0.462 e. The molecule has 0 aliphatic rings. The molecule has 0 saturated heterocycles. The van der Waals surface area contributed by atoms with Crippen LogP contribution >= 0.6 is 0 Å². The van der Waals surface area contributed by atoms with Gasteiger partial charge in [0.05, 0.1) is 0 Å². The molecule has 0 aromatic rings. The monoisotopic (exact) mass is 1050 g/mol. The van der Waals surface area contributed by atoms with Crippen molar-refractivity contribution in [3.05, 3.63) is 109 Å². The van der Waals surface area contributed by atoms with Crippen LogP contribution < -0.4 is 0 Å². The number of rotatable bonds is 57. The highest BCUT2D eigenvalue weighted by molar-refractivity contribution is 5.71. The van der Waals surface area contributed by atoms with E-state index in [2.05, 4.69) is 130 Å². The first kappa shape index (κ1) is 72.1. The third-order valence-electron chi connectivity index (χ3n) is 13.5. The van der Waals surface area contributed by atoms with Gasteiger partial charge in [0.2, 0.25) is 0 Å². The third kappa shape index (κ3) is 60.9. The van der Waals surface area contributed by atoms with Crippen molar-refractivity contribution >= 4 is 17.9 Å². The summed E-state index contributed by atoms with van der Waals surface area (Å²) >= 11 is 0. The van der Waals surface area contributed by atoms with Gasteiger partial charge >= 0.3 is 17.9 Å². The minimum Gasteiger partial charge on any atom is -0.462 e. The zero-order valence-corrected chi connectivity index (χ0v) is 49.7. The fourth-order valence-corrected chi connectivity index (χ4v) is 8.80. The van der Waals surface area contributed by atoms with Gasteiger partial charge in [-0.3, -0.25) is 14.4 Å². The minimum absolute atomic E-state index is 0.0925. The van der Waals surface area contributed by atoms with Crippen LogP contribution in [0.5, 0.6) is 0 Å². The van der Waals surface area contributed by atoms with Gasteiger partial charge in [-0.1, -0.05) is 304 Å². The van der Waals surface area contributed by atoms with E-state index in [1.165, 1.54) is 148 Å². The van der Waals surface area contributed by atoms with E-state index >= 15 is 0 Å². The number of carbonyl (C=O) groups is 3. The second-order valence-electron chi connectivity index (χ2n) is 21.0. The lowest BCUT2D eigenvalue weighted by atomic mass is 10.0. The summed E-state index contributed by atoms with van der Waals surface area (Å²) in [5, 5.41) is 0. The molecule has 0 rings (SSSR count). The summed E-state index contributed by atoms with van der Waals surface area (Å²) in [5.74, 6) is -0.945. The van der Waals surface area contributed by atoms with Gasteiger partial charge in [-0.2, -0.15) is 0 Å². The summed E-state index contributed by atoms with van der Waals surface area (Å²) in [6, 6.07) is 0. The quantitative estimate of drug-likeness (QED) is 0.0261. The van der Waals surface area contributed by atoms with Crippen LogP contribution in [0, 0.1) is 0 Å². The molecule has 0 heterocycles. The molecular weight excluding hydrogens is 937 g/mol. The van der Waals surface area contributed by atoms with E-state index in [1.54, 1.807) is 0 Å². The number of hydrogen-bond acceptors (Lipinski definition) is 6. The van der Waals surface area contributed by atoms with Crippen molar-refractivity contribution < 1.29 is 28.6 Å². The number of unbranched alkanes of at least 4 members (excludes halogenated alkanes) is 28. The van der Waals surface area contributed by atoms with E-state index in [4.69, 9.17) is 14.2 Å². The molecule has 6 nitrogen and oxygen atoms in total. The van der Waals surface area contributed by atoms with Crippen molar-refractivity contribution in [2.75, 3.05) is 13.2 Å². The number of carbonyl (C=O) groups excluding carboxylic acids is 3. The second kappa shape index (κ2) is 63.6. The van der Waals surface area contributed by atoms with Gasteiger partial charge in [0.1, 0.15) is 13.2 Å². The standard InChI is InChI=1S/C70H118O6/c1-4-7-10-13-16-19-22-25-27-29-30-31-32-33-34-35-36-37-38-39-40-41-43-45-48-51-54-57-60-63-69(72)75-66-67(65-74-68(71)62-59-56-53-50-47-44-24-21-18-15-12-9-6-3)76-70(73)64-61-58-55-52-49-46-42-28-26-23-20-17-14-11-8-5-2/h7,10,16,19,25,27,30-31,33-34,36-37,39-40,43,45,51,54,67H,4-6,8-9,11-15,17-18,20-24,26,28-29,32,35,38,41-42,44,46-50,52-53,55-66H2,1-3H3/b10-7-,19-16-,27-25-,31-30-,34-33-,37-36-,40-39-,45-43-,54-51-. The van der Waals surface area contributed by atoms with E-state index in [9.17, 15) is 14.4 Å². The Bertz CT molecular complexity index is 1540. The summed E-state index contributed by atoms with van der Waals surface area (Å²) in [6.45, 7) is 6.50. The van der Waals surface area contributed by atoms with Crippen LogP contribution in [0.4, 0.5) is 0 Å². The zero-order valence-electron chi connectivity index (χ0n) is 49.7. The Labute approximate surface area is 470 Å². The van der Waals surface area contributed by atoms with Crippen LogP contribution in [0.25, 0.3) is 0 Å². The van der Waals surface area contributed by atoms with Crippen molar-refractivity contribution in [3.63, 3.8) is 0 Å². The lowest BCUT2D eigenvalue weighted by Crippen LogP contribution is -2.30. The first-order chi connectivity index (χ1) is 37.5. The molecule has 0 saturated carbocycles. The summed E-state index contributed by atoms with van der Waals surface area (Å²) in [5.41, 5.74) is 0. The Balaban J connectivity index is 4.40. The maximum atomic E-state index is 12.9. The Morgan fingerprint density at radius 1 is 0.276 bits per heavy atom. The molecule has 1 atom stereocenters. The molecule has 0 N–H and O–H groups in total. The Hall–Kier alpha value is -3.93. The molecule has 1 unspecified atom stereocenters. The van der Waals surface area contributed by atoms with Gasteiger partial charge in [-0.05, 0) is 83.5 Å². The summed E-state index contributed by atoms with van der Waals surface area (Å²) in [4.78, 5) is 38.2. The van der Waals surface area contributed by atoms with Gasteiger partial charge in [0.15, 0.2) is 6.10 Å². The Morgan fingerprint density at radius 3 is 0.803 bits per heavy atom. The molecule has 434 valence electrons. The number of ether oxygens (including phenoxy) is 3. The predicted molar refractivity (Wildman–Crippen MR) is 330 cm³/mol. The maximum Gasteiger partial charge on any atom is 0.306 e. The zero-order chi connectivity index (χ0) is 55.0. The smallest absolute Gasteiger partial charge is 0.306 e. The minimum atomic E-state index is -0.800. The highest BCUT2D eigenvalue weighted by Gasteiger charge is 2.19. The summed E-state index contributed by atoms with van der Waals surface area (Å²) < 4.78 is 16.9. The molecule has 76 heavy (non-hydrogen) atoms. The van der Waals surface area contributed by atoms with E-state index in [0.717, 1.165) is 103 Å². The van der Waals surface area contributed by atoms with Gasteiger partial charge in [-0.15, -0.1) is 0 Å². The van der Waals surface area contributed by atoms with Gasteiger partial charge in [0, 0.05) is 19.3 Å². The SMILES string of the molecule is CC/C=C\C/C=C\C/C=C\C/C=C\C/C=C\C/C=C\C/C=C\C/C=C\C/C=C\CCCC(=O)OCC(COC(=O)CCCCCCCCCCCCCCC)OC(=O)CCCCCCCCCCCCCCCCCC. The molecule has 0 bridgehead atoms. The van der Waals surface area contributed by atoms with Crippen molar-refractivity contribution in [1.29, 1.82) is 0 Å². The predicted octanol–water partition coefficient (Wildman–Crippen LogP) is 21.8. The van der Waals surface area contributed by atoms with Crippen molar-refractivity contribution in [1.82, 2.24) is 0 Å². The van der Waals surface area contributed by atoms with E-state index in [0.29, 0.717) is 19.3 Å². The molecule has 0 aromatic heterocycles. The van der Waals surface area contributed by atoms with Crippen molar-refractivity contribution in [2.24, 2.45) is 0 Å². The fourth-order valence-electron chi connectivity index (χ4n) is 8.80. The summed E-state index contributed by atoms with van der Waals surface area (Å²) in [6.07, 6.45) is 86.7. The Kier molecular flexibility index (Phi) is 60.3. The van der Waals surface area contributed by atoms with Crippen LogP contribution in [-0.4, -0.2) is 37.2 Å². The molecule has 0 aliphatic carbocycles. The molecular formula is C70H118O6. The second-order valence-corrected chi connectivity index (χ2v) is 21.0. The molecule has 0 aliphatic heterocycles. The van der Waals surface area contributed by atoms with Crippen LogP contribution in [0.1, 0.15) is 297 Å². The maximum absolute atomic E-state index is 12.9. The molecule has 0 spiro atoms. The lowest BCUT2D eigenvalue weighted by Gasteiger charge is -2.18. The van der Waals surface area contributed by atoms with E-state index in [1.807, 2.05) is 0 Å². The van der Waals surface area contributed by atoms with Crippen LogP contribution in [0.15, 0.2) is 109 Å². The highest BCUT2D eigenvalue weighted by Crippen LogP contribution is 2.16. The highest BCUT2D eigenvalue weighted by atomic mass is 16.6. The fraction of sp³-hybridized carbons (Fsp3) is 0.700. The molecule has 0 amide bonds. The first-order valence-electron chi connectivity index (χ1n) is 31.9. The number of hydrogen-bond donors (Lipinski definition) is 0. The third-order valence-corrected chi connectivity index (χ3v) is 13.5. The van der Waals surface area contributed by atoms with Gasteiger partial charge < -0.3 is 14.2 Å². The van der Waals surface area contributed by atoms with E-state index < -0.39 is 6.10 Å². The Morgan fingerprint density at radius 2 is 0.513 bits per heavy atom. The first-order valence-corrected chi connectivity index (χ1v) is 31.9. The summed E-state index contributed by atoms with van der Waals surface area (Å²) in [7, 11) is 0. The van der Waals surface area contributed by atoms with Gasteiger partial charge in [-0.25, -0.2) is 0 Å². The van der Waals surface area contributed by atoms with Crippen LogP contribution in [-0.2, 0) is 28.6 Å². The lowest BCUT2D eigenvalue weighted by molar-refractivity contribution is -0.167. The van der Waals surface area contributed by atoms with Gasteiger partial charge in [0.25, 0.3) is 0 Å². The number of allylic oxidation sites excluding steroid dienone is 18. The molecule has 6 heteroatoms. The van der Waals surface area contributed by atoms with E-state index in [-0.39, 0.29) is 37.5 Å². The topological polar surface area (TPSA) is 78.9 Å². The van der Waals surface area contributed by atoms with Crippen LogP contribution in [0.3, 0.4) is 0 Å². The molecule has 0 fully saturated rings. The molecule has 0 radical (unpaired) electrons.